The third-order valence-electron chi connectivity index (χ3n) is 2.02. The van der Waals surface area contributed by atoms with Crippen LogP contribution in [0.2, 0.25) is 0 Å². The molecule has 0 radical (unpaired) electrons. The van der Waals surface area contributed by atoms with E-state index in [-0.39, 0.29) is 7.43 Å². The Kier molecular flexibility index (Phi) is 10.0. The van der Waals surface area contributed by atoms with Crippen molar-refractivity contribution in [3.8, 4) is 0 Å². The first-order chi connectivity index (χ1) is 4.66. The van der Waals surface area contributed by atoms with Crippen molar-refractivity contribution in [2.75, 3.05) is 0 Å². The summed E-state index contributed by atoms with van der Waals surface area (Å²) in [5.74, 6) is 1.84. The summed E-state index contributed by atoms with van der Waals surface area (Å²) in [4.78, 5) is 0. The summed E-state index contributed by atoms with van der Waals surface area (Å²) < 4.78 is 0. The van der Waals surface area contributed by atoms with E-state index in [1.54, 1.807) is 0 Å². The maximum Gasteiger partial charge on any atom is -0.0443 e. The van der Waals surface area contributed by atoms with Crippen molar-refractivity contribution in [3.05, 3.63) is 0 Å². The Balaban J connectivity index is 0. The molecule has 0 heteroatoms. The van der Waals surface area contributed by atoms with Crippen LogP contribution in [-0.4, -0.2) is 0 Å². The van der Waals surface area contributed by atoms with Gasteiger partial charge in [-0.1, -0.05) is 60.8 Å². The summed E-state index contributed by atoms with van der Waals surface area (Å²) in [6, 6.07) is 0. The number of hydrogen-bond acceptors (Lipinski definition) is 0. The molecule has 0 aromatic carbocycles. The Morgan fingerprint density at radius 3 is 1.82 bits per heavy atom. The van der Waals surface area contributed by atoms with Gasteiger partial charge in [0.1, 0.15) is 0 Å². The molecule has 0 N–H and O–H groups in total. The molecule has 0 bridgehead atoms. The van der Waals surface area contributed by atoms with Crippen molar-refractivity contribution < 1.29 is 0 Å². The second-order valence-electron chi connectivity index (χ2n) is 3.87. The number of rotatable bonds is 5. The van der Waals surface area contributed by atoms with Crippen molar-refractivity contribution in [2.24, 2.45) is 11.8 Å². The minimum atomic E-state index is 0. The Hall–Kier alpha value is 0. The average Bonchev–Trinajstić information content (AvgIpc) is 1.85. The molecule has 0 aliphatic rings. The van der Waals surface area contributed by atoms with Crippen LogP contribution in [0.4, 0.5) is 0 Å². The van der Waals surface area contributed by atoms with Crippen LogP contribution >= 0.6 is 0 Å². The average molecular weight is 158 g/mol. The van der Waals surface area contributed by atoms with Gasteiger partial charge in [0.15, 0.2) is 0 Å². The molecule has 1 unspecified atom stereocenters. The fourth-order valence-corrected chi connectivity index (χ4v) is 1.25. The first kappa shape index (κ1) is 13.6. The summed E-state index contributed by atoms with van der Waals surface area (Å²) in [7, 11) is 0. The maximum atomic E-state index is 2.37. The highest BCUT2D eigenvalue weighted by Crippen LogP contribution is 2.15. The fourth-order valence-electron chi connectivity index (χ4n) is 1.25. The number of hydrogen-bond donors (Lipinski definition) is 0. The van der Waals surface area contributed by atoms with Gasteiger partial charge in [-0.05, 0) is 11.8 Å². The van der Waals surface area contributed by atoms with Gasteiger partial charge >= 0.3 is 0 Å². The molecule has 0 nitrogen and oxygen atoms in total. The van der Waals surface area contributed by atoms with E-state index < -0.39 is 0 Å². The molecular weight excluding hydrogens is 132 g/mol. The molecule has 0 saturated heterocycles. The van der Waals surface area contributed by atoms with Crippen molar-refractivity contribution in [1.29, 1.82) is 0 Å². The van der Waals surface area contributed by atoms with Gasteiger partial charge in [-0.25, -0.2) is 0 Å². The highest BCUT2D eigenvalue weighted by Gasteiger charge is 2.01. The molecule has 0 spiro atoms. The molecule has 0 amide bonds. The Morgan fingerprint density at radius 1 is 0.909 bits per heavy atom. The van der Waals surface area contributed by atoms with Crippen LogP contribution in [0.3, 0.4) is 0 Å². The summed E-state index contributed by atoms with van der Waals surface area (Å²) >= 11 is 0. The van der Waals surface area contributed by atoms with Gasteiger partial charge < -0.3 is 0 Å². The van der Waals surface area contributed by atoms with E-state index in [0.29, 0.717) is 0 Å². The van der Waals surface area contributed by atoms with Gasteiger partial charge in [0.05, 0.1) is 0 Å². The van der Waals surface area contributed by atoms with Gasteiger partial charge in [-0.2, -0.15) is 0 Å². The smallest absolute Gasteiger partial charge is 0.0443 e. The van der Waals surface area contributed by atoms with Crippen molar-refractivity contribution in [3.63, 3.8) is 0 Å². The zero-order valence-electron chi connectivity index (χ0n) is 7.98. The Bertz CT molecular complexity index is 64.4. The second kappa shape index (κ2) is 8.10. The Labute approximate surface area is 73.4 Å². The summed E-state index contributed by atoms with van der Waals surface area (Å²) in [6.07, 6.45) is 5.58. The van der Waals surface area contributed by atoms with Crippen LogP contribution in [0, 0.1) is 11.8 Å². The third-order valence-corrected chi connectivity index (χ3v) is 2.02. The predicted molar refractivity (Wildman–Crippen MR) is 54.9 cm³/mol. The molecule has 0 rings (SSSR count). The lowest BCUT2D eigenvalue weighted by atomic mass is 9.96. The predicted octanol–water partition coefficient (Wildman–Crippen LogP) is 4.49. The quantitative estimate of drug-likeness (QED) is 0.553. The first-order valence-electron chi connectivity index (χ1n) is 4.66. The van der Waals surface area contributed by atoms with Gasteiger partial charge in [0, 0.05) is 0 Å². The Morgan fingerprint density at radius 2 is 1.45 bits per heavy atom. The lowest BCUT2D eigenvalue weighted by Gasteiger charge is -2.10. The molecule has 0 aliphatic carbocycles. The first-order valence-corrected chi connectivity index (χ1v) is 4.66. The minimum absolute atomic E-state index is 0. The van der Waals surface area contributed by atoms with Gasteiger partial charge in [-0.3, -0.25) is 0 Å². The van der Waals surface area contributed by atoms with Gasteiger partial charge in [-0.15, -0.1) is 0 Å². The van der Waals surface area contributed by atoms with Crippen LogP contribution in [0.5, 0.6) is 0 Å². The molecule has 70 valence electrons. The van der Waals surface area contributed by atoms with Gasteiger partial charge in [0.25, 0.3) is 0 Å². The summed E-state index contributed by atoms with van der Waals surface area (Å²) in [5, 5.41) is 0. The molecule has 0 saturated carbocycles. The standard InChI is InChI=1S/C10H22.CH4/c1-5-6-10(4)8-7-9(2)3;/h9-10H,5-8H2,1-4H3;1H4. The molecule has 0 aliphatic heterocycles. The van der Waals surface area contributed by atoms with Crippen molar-refractivity contribution in [1.82, 2.24) is 0 Å². The van der Waals surface area contributed by atoms with Gasteiger partial charge in [0.2, 0.25) is 0 Å². The van der Waals surface area contributed by atoms with Crippen LogP contribution < -0.4 is 0 Å². The minimum Gasteiger partial charge on any atom is -0.0776 e. The lowest BCUT2D eigenvalue weighted by molar-refractivity contribution is 0.425. The molecule has 0 aromatic rings. The molecule has 0 aromatic heterocycles. The highest BCUT2D eigenvalue weighted by molar-refractivity contribution is 4.54. The van der Waals surface area contributed by atoms with Crippen molar-refractivity contribution in [2.45, 2.75) is 60.8 Å². The van der Waals surface area contributed by atoms with E-state index >= 15 is 0 Å². The zero-order valence-corrected chi connectivity index (χ0v) is 7.98. The summed E-state index contributed by atoms with van der Waals surface area (Å²) in [5.41, 5.74) is 0. The lowest BCUT2D eigenvalue weighted by Crippen LogP contribution is -1.96. The van der Waals surface area contributed by atoms with E-state index in [0.717, 1.165) is 11.8 Å². The molecule has 1 atom stereocenters. The van der Waals surface area contributed by atoms with Crippen molar-refractivity contribution >= 4 is 0 Å². The summed E-state index contributed by atoms with van der Waals surface area (Å²) in [6.45, 7) is 9.25. The topological polar surface area (TPSA) is 0 Å². The van der Waals surface area contributed by atoms with E-state index in [1.165, 1.54) is 25.7 Å². The SMILES string of the molecule is C.CCCC(C)CCC(C)C. The third kappa shape index (κ3) is 10.0. The molecule has 0 heterocycles. The monoisotopic (exact) mass is 158 g/mol. The normalized spacial score (nSPS) is 12.8. The van der Waals surface area contributed by atoms with E-state index in [2.05, 4.69) is 27.7 Å². The van der Waals surface area contributed by atoms with E-state index in [1.807, 2.05) is 0 Å². The largest absolute Gasteiger partial charge is 0.0776 e. The molecular formula is C11H26. The fraction of sp³-hybridized carbons (Fsp3) is 1.00. The molecule has 11 heavy (non-hydrogen) atoms. The zero-order chi connectivity index (χ0) is 7.98. The van der Waals surface area contributed by atoms with Crippen LogP contribution in [-0.2, 0) is 0 Å². The van der Waals surface area contributed by atoms with E-state index in [9.17, 15) is 0 Å². The van der Waals surface area contributed by atoms with Crippen LogP contribution in [0.1, 0.15) is 60.8 Å². The maximum absolute atomic E-state index is 2.37. The molecule has 0 fully saturated rings. The van der Waals surface area contributed by atoms with Crippen LogP contribution in [0.25, 0.3) is 0 Å². The highest BCUT2D eigenvalue weighted by atomic mass is 14.1. The van der Waals surface area contributed by atoms with Crippen LogP contribution in [0.15, 0.2) is 0 Å². The van der Waals surface area contributed by atoms with E-state index in [4.69, 9.17) is 0 Å². The second-order valence-corrected chi connectivity index (χ2v) is 3.87.